The van der Waals surface area contributed by atoms with Crippen molar-refractivity contribution in [3.05, 3.63) is 0 Å². The van der Waals surface area contributed by atoms with Crippen LogP contribution in [0.25, 0.3) is 0 Å². The molecule has 1 fully saturated rings. The van der Waals surface area contributed by atoms with Crippen LogP contribution in [0, 0.1) is 22.1 Å². The third-order valence-corrected chi connectivity index (χ3v) is 2.37. The van der Waals surface area contributed by atoms with Crippen LogP contribution in [0.1, 0.15) is 13.8 Å². The molecule has 1 N–H and O–H groups in total. The van der Waals surface area contributed by atoms with Crippen LogP contribution in [-0.2, 0) is 0 Å². The third kappa shape index (κ3) is 1.53. The van der Waals surface area contributed by atoms with Crippen molar-refractivity contribution in [1.82, 2.24) is 5.32 Å². The van der Waals surface area contributed by atoms with Gasteiger partial charge in [0.15, 0.2) is 0 Å². The summed E-state index contributed by atoms with van der Waals surface area (Å²) in [5.41, 5.74) is 0.175. The Morgan fingerprint density at radius 1 is 1.50 bits per heavy atom. The van der Waals surface area contributed by atoms with Crippen LogP contribution in [0.15, 0.2) is 0 Å². The topological polar surface area (TPSA) is 12.0 Å². The van der Waals surface area contributed by atoms with Gasteiger partial charge < -0.3 is 5.32 Å². The predicted molar refractivity (Wildman–Crippen MR) is 46.8 cm³/mol. The first-order valence-electron chi connectivity index (χ1n) is 3.50. The summed E-state index contributed by atoms with van der Waals surface area (Å²) in [5.74, 6) is 3.88. The molecule has 0 bridgehead atoms. The largest absolute Gasteiger partial charge is 0.316 e. The molecule has 1 aliphatic rings. The van der Waals surface area contributed by atoms with Gasteiger partial charge >= 0.3 is 0 Å². The summed E-state index contributed by atoms with van der Waals surface area (Å²) in [6.07, 6.45) is 0. The van der Waals surface area contributed by atoms with Gasteiger partial charge in [0.1, 0.15) is 0 Å². The van der Waals surface area contributed by atoms with E-state index in [1.54, 1.807) is 0 Å². The molecule has 0 radical (unpaired) electrons. The predicted octanol–water partition coefficient (Wildman–Crippen LogP) is 1.59. The molecule has 1 aliphatic heterocycles. The van der Waals surface area contributed by atoms with Gasteiger partial charge in [-0.2, -0.15) is 0 Å². The van der Waals surface area contributed by atoms with Crippen LogP contribution >= 0.6 is 15.9 Å². The lowest BCUT2D eigenvalue weighted by Crippen LogP contribution is -2.49. The maximum Gasteiger partial charge on any atom is 0.0319 e. The number of nitrogens with one attached hydrogen (secondary N) is 1. The number of hydrogen-bond donors (Lipinski definition) is 1. The minimum Gasteiger partial charge on any atom is -0.316 e. The van der Waals surface area contributed by atoms with Gasteiger partial charge in [-0.15, -0.1) is 0 Å². The fraction of sp³-hybridized carbons (Fsp3) is 0.750. The quantitative estimate of drug-likeness (QED) is 0.636. The fourth-order valence-electron chi connectivity index (χ4n) is 1.02. The summed E-state index contributed by atoms with van der Waals surface area (Å²) in [6.45, 7) is 6.61. The fourth-order valence-corrected chi connectivity index (χ4v) is 1.53. The number of hydrogen-bond acceptors (Lipinski definition) is 1. The van der Waals surface area contributed by atoms with E-state index in [-0.39, 0.29) is 5.41 Å². The molecular formula is C8H12BrN. The smallest absolute Gasteiger partial charge is 0.0319 e. The van der Waals surface area contributed by atoms with E-state index in [0.717, 1.165) is 19.0 Å². The van der Waals surface area contributed by atoms with Crippen molar-refractivity contribution in [3.63, 3.8) is 0 Å². The molecule has 1 rings (SSSR count). The lowest BCUT2D eigenvalue weighted by molar-refractivity contribution is 0.205. The minimum absolute atomic E-state index is 0.175. The molecular weight excluding hydrogens is 190 g/mol. The second kappa shape index (κ2) is 2.94. The Bertz CT molecular complexity index is 171. The van der Waals surface area contributed by atoms with Gasteiger partial charge in [-0.25, -0.2) is 0 Å². The summed E-state index contributed by atoms with van der Waals surface area (Å²) >= 11 is 3.13. The zero-order valence-electron chi connectivity index (χ0n) is 6.37. The Labute approximate surface area is 70.7 Å². The minimum atomic E-state index is 0.175. The Kier molecular flexibility index (Phi) is 2.38. The van der Waals surface area contributed by atoms with E-state index < -0.39 is 0 Å². The van der Waals surface area contributed by atoms with E-state index in [1.165, 1.54) is 0 Å². The van der Waals surface area contributed by atoms with Crippen LogP contribution in [0.2, 0.25) is 0 Å². The van der Waals surface area contributed by atoms with Gasteiger partial charge in [0.2, 0.25) is 0 Å². The molecule has 2 heteroatoms. The summed E-state index contributed by atoms with van der Waals surface area (Å²) < 4.78 is 0. The van der Waals surface area contributed by atoms with Crippen molar-refractivity contribution in [2.24, 2.45) is 11.3 Å². The van der Waals surface area contributed by atoms with Crippen molar-refractivity contribution in [1.29, 1.82) is 0 Å². The lowest BCUT2D eigenvalue weighted by Gasteiger charge is -2.37. The maximum absolute atomic E-state index is 3.24. The molecule has 0 amide bonds. The standard InChI is InChI=1S/C8H12BrN/c1-8(2,3-4-9)7-5-10-6-7/h7,10H,5-6H2,1-2H3. The highest BCUT2D eigenvalue weighted by atomic mass is 79.9. The second-order valence-electron chi connectivity index (χ2n) is 3.30. The van der Waals surface area contributed by atoms with E-state index in [0.29, 0.717) is 0 Å². The first-order chi connectivity index (χ1) is 4.67. The summed E-state index contributed by atoms with van der Waals surface area (Å²) in [4.78, 5) is 2.79. The second-order valence-corrected chi connectivity index (χ2v) is 3.69. The van der Waals surface area contributed by atoms with E-state index in [1.807, 2.05) is 0 Å². The first kappa shape index (κ1) is 8.10. The molecule has 10 heavy (non-hydrogen) atoms. The highest BCUT2D eigenvalue weighted by molar-refractivity contribution is 9.12. The van der Waals surface area contributed by atoms with Crippen LogP contribution < -0.4 is 5.32 Å². The third-order valence-electron chi connectivity index (χ3n) is 2.17. The first-order valence-corrected chi connectivity index (χ1v) is 4.29. The molecule has 0 saturated carbocycles. The molecule has 0 aromatic carbocycles. The average molecular weight is 202 g/mol. The normalized spacial score (nSPS) is 19.1. The molecule has 1 nitrogen and oxygen atoms in total. The molecule has 0 aromatic rings. The highest BCUT2D eigenvalue weighted by Gasteiger charge is 2.32. The molecule has 56 valence electrons. The lowest BCUT2D eigenvalue weighted by atomic mass is 9.76. The molecule has 0 aliphatic carbocycles. The van der Waals surface area contributed by atoms with Crippen LogP contribution in [-0.4, -0.2) is 13.1 Å². The maximum atomic E-state index is 3.24. The van der Waals surface area contributed by atoms with Gasteiger partial charge in [-0.3, -0.25) is 0 Å². The number of halogens is 1. The molecule has 0 aromatic heterocycles. The van der Waals surface area contributed by atoms with Crippen LogP contribution in [0.3, 0.4) is 0 Å². The zero-order valence-corrected chi connectivity index (χ0v) is 7.96. The van der Waals surface area contributed by atoms with E-state index in [9.17, 15) is 0 Å². The Balaban J connectivity index is 2.54. The van der Waals surface area contributed by atoms with Gasteiger partial charge in [-0.1, -0.05) is 5.92 Å². The zero-order chi connectivity index (χ0) is 7.61. The molecule has 1 heterocycles. The average Bonchev–Trinajstić information content (AvgIpc) is 1.56. The van der Waals surface area contributed by atoms with Crippen molar-refractivity contribution >= 4 is 15.9 Å². The monoisotopic (exact) mass is 201 g/mol. The molecule has 0 atom stereocenters. The SMILES string of the molecule is CC(C)(C#CBr)C1CNC1. The summed E-state index contributed by atoms with van der Waals surface area (Å²) in [5, 5.41) is 3.24. The van der Waals surface area contributed by atoms with Crippen LogP contribution in [0.4, 0.5) is 0 Å². The Morgan fingerprint density at radius 2 is 2.10 bits per heavy atom. The Hall–Kier alpha value is -0.0000000000000000208. The summed E-state index contributed by atoms with van der Waals surface area (Å²) in [7, 11) is 0. The van der Waals surface area contributed by atoms with Gasteiger partial charge in [0.25, 0.3) is 0 Å². The Morgan fingerprint density at radius 3 is 2.40 bits per heavy atom. The molecule has 0 spiro atoms. The van der Waals surface area contributed by atoms with Gasteiger partial charge in [0, 0.05) is 34.4 Å². The van der Waals surface area contributed by atoms with E-state index >= 15 is 0 Å². The van der Waals surface area contributed by atoms with Gasteiger partial charge in [-0.05, 0) is 24.6 Å². The highest BCUT2D eigenvalue weighted by Crippen LogP contribution is 2.28. The van der Waals surface area contributed by atoms with Crippen molar-refractivity contribution in [2.75, 3.05) is 13.1 Å². The van der Waals surface area contributed by atoms with Crippen molar-refractivity contribution in [3.8, 4) is 10.8 Å². The number of rotatable bonds is 1. The van der Waals surface area contributed by atoms with Gasteiger partial charge in [0.05, 0.1) is 0 Å². The molecule has 1 saturated heterocycles. The van der Waals surface area contributed by atoms with Crippen LogP contribution in [0.5, 0.6) is 0 Å². The molecule has 0 unspecified atom stereocenters. The van der Waals surface area contributed by atoms with E-state index in [4.69, 9.17) is 0 Å². The van der Waals surface area contributed by atoms with Crippen molar-refractivity contribution in [2.45, 2.75) is 13.8 Å². The van der Waals surface area contributed by atoms with E-state index in [2.05, 4.69) is 45.8 Å². The summed E-state index contributed by atoms with van der Waals surface area (Å²) in [6, 6.07) is 0. The van der Waals surface area contributed by atoms with Crippen molar-refractivity contribution < 1.29 is 0 Å².